The first-order chi connectivity index (χ1) is 9.05. The molecule has 1 saturated carbocycles. The fourth-order valence-electron chi connectivity index (χ4n) is 2.86. The summed E-state index contributed by atoms with van der Waals surface area (Å²) in [6.45, 7) is 7.97. The van der Waals surface area contributed by atoms with Crippen LogP contribution < -0.4 is 5.73 Å². The van der Waals surface area contributed by atoms with E-state index in [9.17, 15) is 4.79 Å². The van der Waals surface area contributed by atoms with E-state index in [1.165, 1.54) is 6.42 Å². The van der Waals surface area contributed by atoms with Crippen LogP contribution in [0.3, 0.4) is 0 Å². The SMILES string of the molecule is CCCN(C(=O)OCC(C)C)C1(CN)CCCCC1. The smallest absolute Gasteiger partial charge is 0.410 e. The Balaban J connectivity index is 2.75. The summed E-state index contributed by atoms with van der Waals surface area (Å²) in [5, 5.41) is 0. The molecule has 4 heteroatoms. The highest BCUT2D eigenvalue weighted by Gasteiger charge is 2.39. The molecule has 0 atom stereocenters. The lowest BCUT2D eigenvalue weighted by atomic mass is 9.80. The molecule has 0 bridgehead atoms. The van der Waals surface area contributed by atoms with Gasteiger partial charge in [0.1, 0.15) is 0 Å². The maximum absolute atomic E-state index is 12.3. The number of ether oxygens (including phenoxy) is 1. The van der Waals surface area contributed by atoms with Gasteiger partial charge < -0.3 is 15.4 Å². The zero-order valence-electron chi connectivity index (χ0n) is 12.8. The summed E-state index contributed by atoms with van der Waals surface area (Å²) in [5.74, 6) is 0.368. The van der Waals surface area contributed by atoms with Gasteiger partial charge >= 0.3 is 6.09 Å². The summed E-state index contributed by atoms with van der Waals surface area (Å²) in [7, 11) is 0. The van der Waals surface area contributed by atoms with Gasteiger partial charge in [0.25, 0.3) is 0 Å². The molecule has 1 aliphatic rings. The lowest BCUT2D eigenvalue weighted by Crippen LogP contribution is -2.57. The molecule has 0 aromatic carbocycles. The zero-order valence-corrected chi connectivity index (χ0v) is 12.8. The van der Waals surface area contributed by atoms with Crippen LogP contribution in [0.15, 0.2) is 0 Å². The Bertz CT molecular complexity index is 273. The number of nitrogens with zero attached hydrogens (tertiary/aromatic N) is 1. The second-order valence-electron chi connectivity index (χ2n) is 6.11. The third-order valence-electron chi connectivity index (χ3n) is 3.94. The van der Waals surface area contributed by atoms with Crippen molar-refractivity contribution in [2.75, 3.05) is 19.7 Å². The molecule has 2 N–H and O–H groups in total. The molecule has 1 rings (SSSR count). The van der Waals surface area contributed by atoms with Crippen molar-refractivity contribution < 1.29 is 9.53 Å². The van der Waals surface area contributed by atoms with E-state index in [2.05, 4.69) is 20.8 Å². The van der Waals surface area contributed by atoms with Crippen LogP contribution in [-0.2, 0) is 4.74 Å². The highest BCUT2D eigenvalue weighted by atomic mass is 16.6. The highest BCUT2D eigenvalue weighted by molar-refractivity contribution is 5.68. The Hall–Kier alpha value is -0.770. The Labute approximate surface area is 117 Å². The minimum absolute atomic E-state index is 0.164. The standard InChI is InChI=1S/C15H30N2O2/c1-4-10-17(14(18)19-11-13(2)3)15(12-16)8-6-5-7-9-15/h13H,4-12,16H2,1-3H3. The van der Waals surface area contributed by atoms with Gasteiger partial charge in [0, 0.05) is 13.1 Å². The molecule has 19 heavy (non-hydrogen) atoms. The molecule has 0 aromatic rings. The Morgan fingerprint density at radius 1 is 1.32 bits per heavy atom. The van der Waals surface area contributed by atoms with E-state index in [1.807, 2.05) is 4.90 Å². The number of rotatable bonds is 6. The first kappa shape index (κ1) is 16.3. The van der Waals surface area contributed by atoms with Crippen molar-refractivity contribution in [1.29, 1.82) is 0 Å². The molecule has 0 heterocycles. The minimum atomic E-state index is -0.178. The van der Waals surface area contributed by atoms with E-state index in [0.717, 1.165) is 38.6 Å². The number of amides is 1. The van der Waals surface area contributed by atoms with Crippen molar-refractivity contribution in [3.8, 4) is 0 Å². The van der Waals surface area contributed by atoms with Crippen molar-refractivity contribution in [2.45, 2.75) is 64.8 Å². The largest absolute Gasteiger partial charge is 0.449 e. The van der Waals surface area contributed by atoms with Gasteiger partial charge in [0.2, 0.25) is 0 Å². The van der Waals surface area contributed by atoms with Crippen LogP contribution >= 0.6 is 0 Å². The van der Waals surface area contributed by atoms with Crippen molar-refractivity contribution in [1.82, 2.24) is 4.90 Å². The first-order valence-electron chi connectivity index (χ1n) is 7.70. The van der Waals surface area contributed by atoms with Gasteiger partial charge in [-0.25, -0.2) is 4.79 Å². The van der Waals surface area contributed by atoms with Crippen LogP contribution in [-0.4, -0.2) is 36.2 Å². The lowest BCUT2D eigenvalue weighted by molar-refractivity contribution is 0.0286. The maximum Gasteiger partial charge on any atom is 0.410 e. The summed E-state index contributed by atoms with van der Waals surface area (Å²) in [6.07, 6.45) is 6.37. The molecule has 1 aliphatic carbocycles. The van der Waals surface area contributed by atoms with Gasteiger partial charge in [-0.15, -0.1) is 0 Å². The summed E-state index contributed by atoms with van der Waals surface area (Å²) in [6, 6.07) is 0. The first-order valence-corrected chi connectivity index (χ1v) is 7.70. The van der Waals surface area contributed by atoms with Crippen LogP contribution in [0.25, 0.3) is 0 Å². The van der Waals surface area contributed by atoms with E-state index in [-0.39, 0.29) is 11.6 Å². The molecule has 0 aliphatic heterocycles. The summed E-state index contributed by atoms with van der Waals surface area (Å²) < 4.78 is 5.43. The molecular weight excluding hydrogens is 240 g/mol. The number of nitrogens with two attached hydrogens (primary N) is 1. The second kappa shape index (κ2) is 7.73. The number of hydrogen-bond donors (Lipinski definition) is 1. The third kappa shape index (κ3) is 4.37. The Morgan fingerprint density at radius 3 is 2.42 bits per heavy atom. The molecular formula is C15H30N2O2. The van der Waals surface area contributed by atoms with Crippen molar-refractivity contribution in [3.63, 3.8) is 0 Å². The number of carbonyl (C=O) groups is 1. The zero-order chi connectivity index (χ0) is 14.3. The highest BCUT2D eigenvalue weighted by Crippen LogP contribution is 2.33. The Morgan fingerprint density at radius 2 is 1.95 bits per heavy atom. The average Bonchev–Trinajstić information content (AvgIpc) is 2.43. The predicted molar refractivity (Wildman–Crippen MR) is 78.1 cm³/mol. The molecule has 112 valence electrons. The van der Waals surface area contributed by atoms with E-state index >= 15 is 0 Å². The van der Waals surface area contributed by atoms with Gasteiger partial charge in [-0.1, -0.05) is 40.0 Å². The average molecular weight is 270 g/mol. The van der Waals surface area contributed by atoms with Crippen molar-refractivity contribution in [2.24, 2.45) is 11.7 Å². The Kier molecular flexibility index (Phi) is 6.63. The number of carbonyl (C=O) groups excluding carboxylic acids is 1. The molecule has 0 spiro atoms. The van der Waals surface area contributed by atoms with Gasteiger partial charge in [0.15, 0.2) is 0 Å². The van der Waals surface area contributed by atoms with Crippen LogP contribution in [0, 0.1) is 5.92 Å². The molecule has 0 unspecified atom stereocenters. The van der Waals surface area contributed by atoms with Gasteiger partial charge in [-0.2, -0.15) is 0 Å². The monoisotopic (exact) mass is 270 g/mol. The second-order valence-corrected chi connectivity index (χ2v) is 6.11. The summed E-state index contributed by atoms with van der Waals surface area (Å²) in [4.78, 5) is 14.3. The van der Waals surface area contributed by atoms with Gasteiger partial charge in [-0.05, 0) is 25.2 Å². The number of hydrogen-bond acceptors (Lipinski definition) is 3. The third-order valence-corrected chi connectivity index (χ3v) is 3.94. The molecule has 0 saturated heterocycles. The molecule has 0 radical (unpaired) electrons. The van der Waals surface area contributed by atoms with Crippen LogP contribution in [0.1, 0.15) is 59.3 Å². The summed E-state index contributed by atoms with van der Waals surface area (Å²) >= 11 is 0. The molecule has 1 amide bonds. The van der Waals surface area contributed by atoms with Crippen molar-refractivity contribution in [3.05, 3.63) is 0 Å². The van der Waals surface area contributed by atoms with Gasteiger partial charge in [0.05, 0.1) is 12.1 Å². The maximum atomic E-state index is 12.3. The summed E-state index contributed by atoms with van der Waals surface area (Å²) in [5.41, 5.74) is 5.85. The lowest BCUT2D eigenvalue weighted by Gasteiger charge is -2.45. The van der Waals surface area contributed by atoms with Gasteiger partial charge in [-0.3, -0.25) is 0 Å². The van der Waals surface area contributed by atoms with E-state index in [1.54, 1.807) is 0 Å². The fourth-order valence-corrected chi connectivity index (χ4v) is 2.86. The molecule has 1 fully saturated rings. The van der Waals surface area contributed by atoms with E-state index < -0.39 is 0 Å². The van der Waals surface area contributed by atoms with Crippen LogP contribution in [0.5, 0.6) is 0 Å². The molecule has 4 nitrogen and oxygen atoms in total. The van der Waals surface area contributed by atoms with Crippen LogP contribution in [0.2, 0.25) is 0 Å². The quantitative estimate of drug-likeness (QED) is 0.806. The normalized spacial score (nSPS) is 18.4. The van der Waals surface area contributed by atoms with E-state index in [0.29, 0.717) is 19.1 Å². The topological polar surface area (TPSA) is 55.6 Å². The predicted octanol–water partition coefficient (Wildman–Crippen LogP) is 3.15. The molecule has 0 aromatic heterocycles. The fraction of sp³-hybridized carbons (Fsp3) is 0.933. The minimum Gasteiger partial charge on any atom is -0.449 e. The van der Waals surface area contributed by atoms with E-state index in [4.69, 9.17) is 10.5 Å². The van der Waals surface area contributed by atoms with Crippen molar-refractivity contribution >= 4 is 6.09 Å². The van der Waals surface area contributed by atoms with Crippen LogP contribution in [0.4, 0.5) is 4.79 Å².